The Labute approximate surface area is 126 Å². The second-order valence-corrected chi connectivity index (χ2v) is 4.71. The molecule has 0 saturated carbocycles. The van der Waals surface area contributed by atoms with Gasteiger partial charge in [-0.05, 0) is 38.1 Å². The van der Waals surface area contributed by atoms with E-state index < -0.39 is 0 Å². The van der Waals surface area contributed by atoms with Gasteiger partial charge in [-0.1, -0.05) is 12.1 Å². The molecule has 1 heterocycles. The van der Waals surface area contributed by atoms with Gasteiger partial charge in [0.25, 0.3) is 5.91 Å². The monoisotopic (exact) mass is 305 g/mol. The molecule has 2 rings (SSSR count). The third-order valence-corrected chi connectivity index (χ3v) is 3.25. The fourth-order valence-corrected chi connectivity index (χ4v) is 2.23. The molecule has 4 nitrogen and oxygen atoms in total. The number of nitrogens with one attached hydrogen (secondary N) is 1. The third-order valence-electron chi connectivity index (χ3n) is 3.25. The second-order valence-electron chi connectivity index (χ2n) is 4.71. The molecule has 1 saturated heterocycles. The number of carbonyl (C=O) groups excluding carboxylic acids is 1. The summed E-state index contributed by atoms with van der Waals surface area (Å²) < 4.78 is 0. The first-order valence-electron chi connectivity index (χ1n) is 5.98. The Morgan fingerprint density at radius 2 is 2.11 bits per heavy atom. The van der Waals surface area contributed by atoms with Crippen molar-refractivity contribution in [3.8, 4) is 0 Å². The number of hydrogen-bond acceptors (Lipinski definition) is 3. The lowest BCUT2D eigenvalue weighted by Gasteiger charge is -2.12. The number of benzene rings is 1. The zero-order valence-corrected chi connectivity index (χ0v) is 12.6. The van der Waals surface area contributed by atoms with Crippen LogP contribution < -0.4 is 11.1 Å². The molecule has 1 amide bonds. The Morgan fingerprint density at radius 1 is 1.42 bits per heavy atom. The highest BCUT2D eigenvalue weighted by Crippen LogP contribution is 2.14. The maximum absolute atomic E-state index is 11.9. The first-order chi connectivity index (χ1) is 8.16. The molecule has 0 bridgehead atoms. The predicted octanol–water partition coefficient (Wildman–Crippen LogP) is 1.79. The Hall–Kier alpha value is -0.970. The Balaban J connectivity index is 0.00000162. The third kappa shape index (κ3) is 4.90. The van der Waals surface area contributed by atoms with Crippen molar-refractivity contribution < 1.29 is 4.79 Å². The molecule has 108 valence electrons. The Morgan fingerprint density at radius 3 is 2.68 bits per heavy atom. The van der Waals surface area contributed by atoms with E-state index in [9.17, 15) is 4.79 Å². The molecule has 1 aromatic carbocycles. The lowest BCUT2D eigenvalue weighted by atomic mass is 10.1. The molecule has 0 spiro atoms. The van der Waals surface area contributed by atoms with E-state index in [0.29, 0.717) is 17.2 Å². The van der Waals surface area contributed by atoms with Crippen LogP contribution in [0.25, 0.3) is 0 Å². The standard InChI is InChI=1S/C13H19N3O.2ClH/c1-16-7-6-10(9-16)8-15-13(17)11-4-2-3-5-12(11)14;;/h2-5,10H,6-9,14H2,1H3,(H,15,17);2*1H. The van der Waals surface area contributed by atoms with Crippen molar-refractivity contribution in [2.45, 2.75) is 6.42 Å². The van der Waals surface area contributed by atoms with Crippen molar-refractivity contribution in [3.05, 3.63) is 29.8 Å². The summed E-state index contributed by atoms with van der Waals surface area (Å²) in [6.07, 6.45) is 1.15. The Bertz CT molecular complexity index is 415. The number of nitrogens with zero attached hydrogens (tertiary/aromatic N) is 1. The fraction of sp³-hybridized carbons (Fsp3) is 0.462. The van der Waals surface area contributed by atoms with Crippen molar-refractivity contribution in [3.63, 3.8) is 0 Å². The molecule has 19 heavy (non-hydrogen) atoms. The largest absolute Gasteiger partial charge is 0.398 e. The maximum Gasteiger partial charge on any atom is 0.253 e. The van der Waals surface area contributed by atoms with E-state index in [2.05, 4.69) is 17.3 Å². The first kappa shape index (κ1) is 18.0. The van der Waals surface area contributed by atoms with E-state index in [4.69, 9.17) is 5.73 Å². The van der Waals surface area contributed by atoms with Gasteiger partial charge in [0.05, 0.1) is 5.56 Å². The van der Waals surface area contributed by atoms with E-state index >= 15 is 0 Å². The minimum atomic E-state index is -0.0716. The number of rotatable bonds is 3. The molecule has 1 fully saturated rings. The molecule has 1 unspecified atom stereocenters. The number of carbonyl (C=O) groups is 1. The number of likely N-dealkylation sites (tertiary alicyclic amines) is 1. The van der Waals surface area contributed by atoms with Crippen molar-refractivity contribution in [1.82, 2.24) is 10.2 Å². The minimum absolute atomic E-state index is 0. The van der Waals surface area contributed by atoms with Crippen LogP contribution in [0.3, 0.4) is 0 Å². The van der Waals surface area contributed by atoms with Crippen LogP contribution in [0.5, 0.6) is 0 Å². The number of para-hydroxylation sites is 1. The minimum Gasteiger partial charge on any atom is -0.398 e. The summed E-state index contributed by atoms with van der Waals surface area (Å²) in [4.78, 5) is 14.2. The molecule has 1 atom stereocenters. The molecular formula is C13H21Cl2N3O. The molecule has 3 N–H and O–H groups in total. The number of nitrogens with two attached hydrogens (primary N) is 1. The van der Waals surface area contributed by atoms with Crippen LogP contribution in [0.2, 0.25) is 0 Å². The van der Waals surface area contributed by atoms with Crippen LogP contribution in [0, 0.1) is 5.92 Å². The van der Waals surface area contributed by atoms with Crippen LogP contribution in [0.15, 0.2) is 24.3 Å². The molecule has 1 aromatic rings. The van der Waals surface area contributed by atoms with Crippen LogP contribution in [0.1, 0.15) is 16.8 Å². The summed E-state index contributed by atoms with van der Waals surface area (Å²) in [6.45, 7) is 2.91. The van der Waals surface area contributed by atoms with Gasteiger partial charge in [-0.25, -0.2) is 0 Å². The Kier molecular flexibility index (Phi) is 7.83. The summed E-state index contributed by atoms with van der Waals surface area (Å²) >= 11 is 0. The van der Waals surface area contributed by atoms with Crippen LogP contribution in [0.4, 0.5) is 5.69 Å². The van der Waals surface area contributed by atoms with E-state index in [0.717, 1.165) is 26.1 Å². The van der Waals surface area contributed by atoms with E-state index in [1.54, 1.807) is 12.1 Å². The highest BCUT2D eigenvalue weighted by molar-refractivity contribution is 5.99. The van der Waals surface area contributed by atoms with E-state index in [1.807, 2.05) is 12.1 Å². The quantitative estimate of drug-likeness (QED) is 0.837. The van der Waals surface area contributed by atoms with Crippen molar-refractivity contribution >= 4 is 36.4 Å². The highest BCUT2D eigenvalue weighted by atomic mass is 35.5. The normalized spacial score (nSPS) is 18.3. The fourth-order valence-electron chi connectivity index (χ4n) is 2.23. The second kappa shape index (κ2) is 8.25. The summed E-state index contributed by atoms with van der Waals surface area (Å²) in [5.74, 6) is 0.492. The van der Waals surface area contributed by atoms with Crippen molar-refractivity contribution in [2.24, 2.45) is 5.92 Å². The van der Waals surface area contributed by atoms with Gasteiger partial charge < -0.3 is 16.0 Å². The molecule has 1 aliphatic rings. The molecule has 0 radical (unpaired) electrons. The lowest BCUT2D eigenvalue weighted by molar-refractivity contribution is 0.0948. The van der Waals surface area contributed by atoms with Gasteiger partial charge in [-0.15, -0.1) is 24.8 Å². The zero-order chi connectivity index (χ0) is 12.3. The summed E-state index contributed by atoms with van der Waals surface area (Å²) in [5, 5.41) is 2.96. The van der Waals surface area contributed by atoms with Gasteiger partial charge in [-0.2, -0.15) is 0 Å². The average molecular weight is 306 g/mol. The van der Waals surface area contributed by atoms with E-state index in [-0.39, 0.29) is 30.7 Å². The van der Waals surface area contributed by atoms with Crippen LogP contribution >= 0.6 is 24.8 Å². The summed E-state index contributed by atoms with van der Waals surface area (Å²) in [7, 11) is 2.11. The maximum atomic E-state index is 11.9. The van der Waals surface area contributed by atoms with Gasteiger partial charge in [0.15, 0.2) is 0 Å². The zero-order valence-electron chi connectivity index (χ0n) is 11.0. The number of hydrogen-bond donors (Lipinski definition) is 2. The molecule has 0 aliphatic carbocycles. The summed E-state index contributed by atoms with van der Waals surface area (Å²) in [5.41, 5.74) is 6.86. The van der Waals surface area contributed by atoms with Crippen LogP contribution in [-0.4, -0.2) is 37.5 Å². The average Bonchev–Trinajstić information content (AvgIpc) is 2.73. The smallest absolute Gasteiger partial charge is 0.253 e. The van der Waals surface area contributed by atoms with Gasteiger partial charge >= 0.3 is 0 Å². The number of amides is 1. The van der Waals surface area contributed by atoms with Gasteiger partial charge in [-0.3, -0.25) is 4.79 Å². The van der Waals surface area contributed by atoms with Gasteiger partial charge in [0.1, 0.15) is 0 Å². The van der Waals surface area contributed by atoms with Gasteiger partial charge in [0.2, 0.25) is 0 Å². The molecular weight excluding hydrogens is 285 g/mol. The molecule has 0 aromatic heterocycles. The van der Waals surface area contributed by atoms with E-state index in [1.165, 1.54) is 0 Å². The van der Waals surface area contributed by atoms with Crippen LogP contribution in [-0.2, 0) is 0 Å². The first-order valence-corrected chi connectivity index (χ1v) is 5.98. The summed E-state index contributed by atoms with van der Waals surface area (Å²) in [6, 6.07) is 7.16. The number of halogens is 2. The SMILES string of the molecule is CN1CCC(CNC(=O)c2ccccc2N)C1.Cl.Cl. The van der Waals surface area contributed by atoms with Crippen molar-refractivity contribution in [1.29, 1.82) is 0 Å². The number of nitrogen functional groups attached to an aromatic ring is 1. The van der Waals surface area contributed by atoms with Gasteiger partial charge in [0, 0.05) is 18.8 Å². The van der Waals surface area contributed by atoms with Crippen molar-refractivity contribution in [2.75, 3.05) is 32.4 Å². The molecule has 1 aliphatic heterocycles. The topological polar surface area (TPSA) is 58.4 Å². The number of anilines is 1. The highest BCUT2D eigenvalue weighted by Gasteiger charge is 2.20. The lowest BCUT2D eigenvalue weighted by Crippen LogP contribution is -2.30. The predicted molar refractivity (Wildman–Crippen MR) is 83.3 cm³/mol. The molecule has 6 heteroatoms.